The number of nitrogens with one attached hydrogen (secondary N) is 1. The van der Waals surface area contributed by atoms with Crippen LogP contribution in [0.3, 0.4) is 0 Å². The number of carbonyl (C=O) groups excluding carboxylic acids is 3. The van der Waals surface area contributed by atoms with E-state index in [2.05, 4.69) is 11.9 Å². The highest BCUT2D eigenvalue weighted by atomic mass is 16.3. The third kappa shape index (κ3) is 2.46. The fraction of sp³-hybridized carbons (Fsp3) is 0.267. The van der Waals surface area contributed by atoms with Crippen LogP contribution in [0, 0.1) is 0 Å². The zero-order valence-corrected chi connectivity index (χ0v) is 12.0. The van der Waals surface area contributed by atoms with Gasteiger partial charge in [-0.2, -0.15) is 0 Å². The summed E-state index contributed by atoms with van der Waals surface area (Å²) in [5.41, 5.74) is 0.928. The fourth-order valence-electron chi connectivity index (χ4n) is 2.54. The summed E-state index contributed by atoms with van der Waals surface area (Å²) in [6, 6.07) is 3.16. The smallest absolute Gasteiger partial charge is 0.262 e. The molecule has 0 saturated carbocycles. The van der Waals surface area contributed by atoms with Gasteiger partial charge < -0.3 is 15.5 Å². The van der Waals surface area contributed by atoms with Gasteiger partial charge >= 0.3 is 0 Å². The van der Waals surface area contributed by atoms with Gasteiger partial charge in [0.1, 0.15) is 11.8 Å². The number of phenols is 1. The maximum Gasteiger partial charge on any atom is 0.262 e. The minimum absolute atomic E-state index is 0.0896. The van der Waals surface area contributed by atoms with Crippen LogP contribution >= 0.6 is 0 Å². The van der Waals surface area contributed by atoms with Crippen molar-refractivity contribution in [1.82, 2.24) is 10.2 Å². The number of aliphatic hydroxyl groups is 1. The topological polar surface area (TPSA) is 107 Å². The van der Waals surface area contributed by atoms with Gasteiger partial charge in [0.15, 0.2) is 0 Å². The molecule has 7 heteroatoms. The molecular formula is C15H16N2O5. The number of aliphatic hydroxyl groups excluding tert-OH is 1. The molecule has 3 amide bonds. The van der Waals surface area contributed by atoms with Crippen LogP contribution in [0.2, 0.25) is 0 Å². The maximum atomic E-state index is 12.3. The first-order valence-corrected chi connectivity index (χ1v) is 6.63. The number of aromatic hydroxyl groups is 1. The summed E-state index contributed by atoms with van der Waals surface area (Å²) in [6.07, 6.45) is 0.886. The van der Waals surface area contributed by atoms with Crippen molar-refractivity contribution in [2.24, 2.45) is 0 Å². The molecule has 0 radical (unpaired) electrons. The summed E-state index contributed by atoms with van der Waals surface area (Å²) < 4.78 is 0. The second-order valence-corrected chi connectivity index (χ2v) is 4.86. The van der Waals surface area contributed by atoms with Gasteiger partial charge in [0.05, 0.1) is 11.1 Å². The molecule has 1 atom stereocenters. The molecule has 2 aliphatic rings. The molecule has 3 N–H and O–H groups in total. The Morgan fingerprint density at radius 2 is 1.82 bits per heavy atom. The van der Waals surface area contributed by atoms with Crippen LogP contribution in [0.15, 0.2) is 30.5 Å². The van der Waals surface area contributed by atoms with Gasteiger partial charge in [0.25, 0.3) is 11.8 Å². The fourth-order valence-corrected chi connectivity index (χ4v) is 2.54. The van der Waals surface area contributed by atoms with Crippen LogP contribution in [-0.2, 0) is 4.79 Å². The highest BCUT2D eigenvalue weighted by molar-refractivity contribution is 6.23. The molecule has 1 unspecified atom stereocenters. The molecule has 2 heterocycles. The SMILES string of the molecule is C=C1CCC(N2C(=O)c3ccc(O)cc3C2=O)C(=O)N1.CO. The average Bonchev–Trinajstić information content (AvgIpc) is 2.73. The lowest BCUT2D eigenvalue weighted by Crippen LogP contribution is -2.51. The molecule has 0 aromatic heterocycles. The van der Waals surface area contributed by atoms with Gasteiger partial charge in [-0.25, -0.2) is 0 Å². The Morgan fingerprint density at radius 3 is 2.45 bits per heavy atom. The number of piperidine rings is 1. The van der Waals surface area contributed by atoms with Gasteiger partial charge in [0.2, 0.25) is 5.91 Å². The number of carbonyl (C=O) groups is 3. The third-order valence-corrected chi connectivity index (χ3v) is 3.54. The van der Waals surface area contributed by atoms with E-state index in [0.29, 0.717) is 18.5 Å². The van der Waals surface area contributed by atoms with E-state index >= 15 is 0 Å². The number of imide groups is 1. The lowest BCUT2D eigenvalue weighted by atomic mass is 10.0. The molecule has 116 valence electrons. The Labute approximate surface area is 126 Å². The number of allylic oxidation sites excluding steroid dienone is 1. The number of fused-ring (bicyclic) bond motifs is 1. The van der Waals surface area contributed by atoms with E-state index in [9.17, 15) is 19.5 Å². The van der Waals surface area contributed by atoms with E-state index in [0.717, 1.165) is 12.0 Å². The second-order valence-electron chi connectivity index (χ2n) is 4.86. The van der Waals surface area contributed by atoms with E-state index in [1.807, 2.05) is 0 Å². The Morgan fingerprint density at radius 1 is 1.18 bits per heavy atom. The van der Waals surface area contributed by atoms with Gasteiger partial charge in [-0.15, -0.1) is 0 Å². The van der Waals surface area contributed by atoms with Crippen molar-refractivity contribution < 1.29 is 24.6 Å². The number of phenolic OH excluding ortho intramolecular Hbond substituents is 1. The summed E-state index contributed by atoms with van der Waals surface area (Å²) in [6.45, 7) is 3.66. The normalized spacial score (nSPS) is 20.3. The molecule has 0 spiro atoms. The summed E-state index contributed by atoms with van der Waals surface area (Å²) in [7, 11) is 1.00. The Balaban J connectivity index is 0.000000847. The van der Waals surface area contributed by atoms with Crippen LogP contribution in [-0.4, -0.2) is 46.0 Å². The lowest BCUT2D eigenvalue weighted by molar-refractivity contribution is -0.125. The maximum absolute atomic E-state index is 12.3. The molecule has 1 saturated heterocycles. The molecular weight excluding hydrogens is 288 g/mol. The van der Waals surface area contributed by atoms with E-state index in [-0.39, 0.29) is 16.9 Å². The molecule has 3 rings (SSSR count). The number of amides is 3. The van der Waals surface area contributed by atoms with E-state index in [4.69, 9.17) is 5.11 Å². The van der Waals surface area contributed by atoms with Crippen LogP contribution in [0.5, 0.6) is 5.75 Å². The van der Waals surface area contributed by atoms with Crippen molar-refractivity contribution in [3.8, 4) is 5.75 Å². The average molecular weight is 304 g/mol. The van der Waals surface area contributed by atoms with Gasteiger partial charge in [0, 0.05) is 12.8 Å². The second kappa shape index (κ2) is 5.98. The summed E-state index contributed by atoms with van der Waals surface area (Å²) in [4.78, 5) is 37.4. The first-order valence-electron chi connectivity index (χ1n) is 6.63. The largest absolute Gasteiger partial charge is 0.508 e. The predicted molar refractivity (Wildman–Crippen MR) is 77.1 cm³/mol. The zero-order valence-electron chi connectivity index (χ0n) is 12.0. The first-order chi connectivity index (χ1) is 10.5. The first kappa shape index (κ1) is 15.7. The third-order valence-electron chi connectivity index (χ3n) is 3.54. The van der Waals surface area contributed by atoms with Crippen LogP contribution in [0.25, 0.3) is 0 Å². The molecule has 7 nitrogen and oxygen atoms in total. The van der Waals surface area contributed by atoms with Crippen LogP contribution < -0.4 is 5.32 Å². The number of benzene rings is 1. The van der Waals surface area contributed by atoms with Crippen molar-refractivity contribution in [2.45, 2.75) is 18.9 Å². The molecule has 1 aromatic rings. The van der Waals surface area contributed by atoms with Crippen LogP contribution in [0.1, 0.15) is 33.6 Å². The van der Waals surface area contributed by atoms with E-state index in [1.165, 1.54) is 18.2 Å². The highest BCUT2D eigenvalue weighted by Crippen LogP contribution is 2.30. The number of rotatable bonds is 1. The van der Waals surface area contributed by atoms with E-state index in [1.54, 1.807) is 0 Å². The Hall–Kier alpha value is -2.67. The van der Waals surface area contributed by atoms with Gasteiger partial charge in [-0.3, -0.25) is 19.3 Å². The number of hydrogen-bond acceptors (Lipinski definition) is 5. The molecule has 0 aliphatic carbocycles. The number of hydrogen-bond donors (Lipinski definition) is 3. The van der Waals surface area contributed by atoms with E-state index < -0.39 is 23.8 Å². The molecule has 1 aromatic carbocycles. The highest BCUT2D eigenvalue weighted by Gasteiger charge is 2.43. The zero-order chi connectivity index (χ0) is 16.4. The van der Waals surface area contributed by atoms with Crippen molar-refractivity contribution in [3.63, 3.8) is 0 Å². The minimum atomic E-state index is -0.824. The lowest BCUT2D eigenvalue weighted by Gasteiger charge is -2.29. The molecule has 2 aliphatic heterocycles. The molecule has 0 bridgehead atoms. The standard InChI is InChI=1S/C14H12N2O4.CH4O/c1-7-2-5-11(12(18)15-7)16-13(19)9-4-3-8(17)6-10(9)14(16)20;1-2/h3-4,6,11,17H,1-2,5H2,(H,15,18);2H,1H3. The van der Waals surface area contributed by atoms with Gasteiger partial charge in [-0.1, -0.05) is 6.58 Å². The molecule has 1 fully saturated rings. The quantitative estimate of drug-likeness (QED) is 0.651. The molecule has 22 heavy (non-hydrogen) atoms. The van der Waals surface area contributed by atoms with Gasteiger partial charge in [-0.05, 0) is 31.0 Å². The van der Waals surface area contributed by atoms with Crippen LogP contribution in [0.4, 0.5) is 0 Å². The summed E-state index contributed by atoms with van der Waals surface area (Å²) in [5, 5.41) is 19.0. The summed E-state index contributed by atoms with van der Waals surface area (Å²) >= 11 is 0. The summed E-state index contributed by atoms with van der Waals surface area (Å²) in [5.74, 6) is -1.54. The monoisotopic (exact) mass is 304 g/mol. The minimum Gasteiger partial charge on any atom is -0.508 e. The van der Waals surface area contributed by atoms with Crippen molar-refractivity contribution in [3.05, 3.63) is 41.6 Å². The van der Waals surface area contributed by atoms with Crippen molar-refractivity contribution >= 4 is 17.7 Å². The van der Waals surface area contributed by atoms with Crippen molar-refractivity contribution in [1.29, 1.82) is 0 Å². The Kier molecular flexibility index (Phi) is 4.27. The number of nitrogens with zero attached hydrogens (tertiary/aromatic N) is 1. The predicted octanol–water partition coefficient (Wildman–Crippen LogP) is 0.389. The van der Waals surface area contributed by atoms with Crippen molar-refractivity contribution in [2.75, 3.05) is 7.11 Å². The Bertz CT molecular complexity index is 668.